The van der Waals surface area contributed by atoms with Gasteiger partial charge in [-0.25, -0.2) is 9.59 Å². The predicted molar refractivity (Wildman–Crippen MR) is 115 cm³/mol. The molecule has 31 heavy (non-hydrogen) atoms. The summed E-state index contributed by atoms with van der Waals surface area (Å²) in [6, 6.07) is 14.4. The minimum Gasteiger partial charge on any atom is -0.454 e. The van der Waals surface area contributed by atoms with E-state index in [9.17, 15) is 14.4 Å². The number of nitrogens with zero attached hydrogens (tertiary/aromatic N) is 1. The van der Waals surface area contributed by atoms with Crippen LogP contribution in [-0.4, -0.2) is 41.9 Å². The Morgan fingerprint density at radius 1 is 1.03 bits per heavy atom. The molecule has 0 unspecified atom stereocenters. The lowest BCUT2D eigenvalue weighted by Gasteiger charge is -2.26. The van der Waals surface area contributed by atoms with Crippen molar-refractivity contribution in [3.8, 4) is 0 Å². The zero-order chi connectivity index (χ0) is 21.8. The first-order valence-electron chi connectivity index (χ1n) is 10.9. The van der Waals surface area contributed by atoms with Gasteiger partial charge in [0.15, 0.2) is 6.10 Å². The first-order valence-corrected chi connectivity index (χ1v) is 10.9. The number of cyclic esters (lactones) is 1. The molecule has 4 rings (SSSR count). The SMILES string of the molecule is C[C@H](OC(=O)c1ccc2c(c1)C[C@@H](c1ccccc1)OC2=O)C(=O)N1CCCCCC1. The molecule has 0 N–H and O–H groups in total. The Morgan fingerprint density at radius 3 is 2.45 bits per heavy atom. The van der Waals surface area contributed by atoms with Gasteiger partial charge in [0, 0.05) is 19.5 Å². The van der Waals surface area contributed by atoms with Gasteiger partial charge in [0.1, 0.15) is 6.10 Å². The second-order valence-corrected chi connectivity index (χ2v) is 8.17. The van der Waals surface area contributed by atoms with Crippen LogP contribution in [0.5, 0.6) is 0 Å². The van der Waals surface area contributed by atoms with Gasteiger partial charge in [-0.2, -0.15) is 0 Å². The predicted octanol–water partition coefficient (Wildman–Crippen LogP) is 4.09. The van der Waals surface area contributed by atoms with Crippen molar-refractivity contribution in [2.75, 3.05) is 13.1 Å². The minimum absolute atomic E-state index is 0.152. The molecule has 1 amide bonds. The van der Waals surface area contributed by atoms with Gasteiger partial charge in [0.05, 0.1) is 11.1 Å². The first-order chi connectivity index (χ1) is 15.0. The topological polar surface area (TPSA) is 72.9 Å². The van der Waals surface area contributed by atoms with Crippen LogP contribution in [0.3, 0.4) is 0 Å². The molecule has 0 aliphatic carbocycles. The van der Waals surface area contributed by atoms with Crippen LogP contribution in [0.2, 0.25) is 0 Å². The monoisotopic (exact) mass is 421 g/mol. The Balaban J connectivity index is 1.46. The van der Waals surface area contributed by atoms with Crippen molar-refractivity contribution in [1.82, 2.24) is 4.90 Å². The number of rotatable bonds is 4. The Morgan fingerprint density at radius 2 is 1.74 bits per heavy atom. The maximum absolute atomic E-state index is 12.7. The van der Waals surface area contributed by atoms with Crippen LogP contribution < -0.4 is 0 Å². The number of carbonyl (C=O) groups excluding carboxylic acids is 3. The molecule has 2 atom stereocenters. The summed E-state index contributed by atoms with van der Waals surface area (Å²) in [5, 5.41) is 0. The van der Waals surface area contributed by atoms with E-state index in [0.29, 0.717) is 30.6 Å². The van der Waals surface area contributed by atoms with Gasteiger partial charge in [-0.1, -0.05) is 43.2 Å². The van der Waals surface area contributed by atoms with E-state index in [0.717, 1.165) is 36.8 Å². The van der Waals surface area contributed by atoms with Gasteiger partial charge in [-0.3, -0.25) is 4.79 Å². The molecule has 2 heterocycles. The van der Waals surface area contributed by atoms with E-state index in [2.05, 4.69) is 0 Å². The van der Waals surface area contributed by atoms with Crippen LogP contribution in [0.25, 0.3) is 0 Å². The Hall–Kier alpha value is -3.15. The second kappa shape index (κ2) is 9.33. The van der Waals surface area contributed by atoms with Gasteiger partial charge in [-0.15, -0.1) is 0 Å². The normalized spacial score (nSPS) is 19.6. The number of amides is 1. The lowest BCUT2D eigenvalue weighted by Crippen LogP contribution is -2.40. The van der Waals surface area contributed by atoms with Crippen LogP contribution in [0.4, 0.5) is 0 Å². The Bertz CT molecular complexity index is 963. The summed E-state index contributed by atoms with van der Waals surface area (Å²) in [6.45, 7) is 3.04. The fourth-order valence-electron chi connectivity index (χ4n) is 4.20. The molecule has 2 aromatic rings. The van der Waals surface area contributed by atoms with Gasteiger partial charge in [-0.05, 0) is 49.1 Å². The van der Waals surface area contributed by atoms with E-state index in [1.807, 2.05) is 30.3 Å². The van der Waals surface area contributed by atoms with E-state index < -0.39 is 24.1 Å². The quantitative estimate of drug-likeness (QED) is 0.696. The molecule has 1 fully saturated rings. The number of hydrogen-bond acceptors (Lipinski definition) is 5. The summed E-state index contributed by atoms with van der Waals surface area (Å²) in [5.41, 5.74) is 2.44. The lowest BCUT2D eigenvalue weighted by molar-refractivity contribution is -0.139. The van der Waals surface area contributed by atoms with Crippen molar-refractivity contribution in [2.24, 2.45) is 0 Å². The van der Waals surface area contributed by atoms with Crippen molar-refractivity contribution < 1.29 is 23.9 Å². The highest BCUT2D eigenvalue weighted by Gasteiger charge is 2.29. The van der Waals surface area contributed by atoms with Crippen molar-refractivity contribution in [3.05, 3.63) is 70.8 Å². The summed E-state index contributed by atoms with van der Waals surface area (Å²) >= 11 is 0. The molecule has 2 aliphatic heterocycles. The second-order valence-electron chi connectivity index (χ2n) is 8.17. The maximum Gasteiger partial charge on any atom is 0.339 e. The summed E-state index contributed by atoms with van der Waals surface area (Å²) in [7, 11) is 0. The molecule has 1 saturated heterocycles. The number of hydrogen-bond donors (Lipinski definition) is 0. The van der Waals surface area contributed by atoms with Gasteiger partial charge >= 0.3 is 11.9 Å². The molecule has 0 radical (unpaired) electrons. The fraction of sp³-hybridized carbons (Fsp3) is 0.400. The molecule has 2 aliphatic rings. The van der Waals surface area contributed by atoms with E-state index in [1.54, 1.807) is 30.0 Å². The molecule has 0 saturated carbocycles. The number of carbonyl (C=O) groups is 3. The minimum atomic E-state index is -0.844. The van der Waals surface area contributed by atoms with Crippen molar-refractivity contribution >= 4 is 17.8 Å². The van der Waals surface area contributed by atoms with Crippen molar-refractivity contribution in [3.63, 3.8) is 0 Å². The highest BCUT2D eigenvalue weighted by Crippen LogP contribution is 2.31. The highest BCUT2D eigenvalue weighted by molar-refractivity contribution is 5.96. The molecule has 0 bridgehead atoms. The summed E-state index contributed by atoms with van der Waals surface area (Å²) in [5.74, 6) is -1.12. The molecule has 6 heteroatoms. The number of ether oxygens (including phenoxy) is 2. The number of fused-ring (bicyclic) bond motifs is 1. The number of esters is 2. The van der Waals surface area contributed by atoms with Crippen LogP contribution >= 0.6 is 0 Å². The highest BCUT2D eigenvalue weighted by atomic mass is 16.6. The Labute approximate surface area is 182 Å². The summed E-state index contributed by atoms with van der Waals surface area (Å²) in [4.78, 5) is 39.6. The van der Waals surface area contributed by atoms with Crippen molar-refractivity contribution in [1.29, 1.82) is 0 Å². The van der Waals surface area contributed by atoms with E-state index in [1.165, 1.54) is 0 Å². The average Bonchev–Trinajstić information content (AvgIpc) is 3.08. The third kappa shape index (κ3) is 4.79. The zero-order valence-electron chi connectivity index (χ0n) is 17.7. The van der Waals surface area contributed by atoms with Gasteiger partial charge < -0.3 is 14.4 Å². The smallest absolute Gasteiger partial charge is 0.339 e. The lowest BCUT2D eigenvalue weighted by atomic mass is 9.93. The van der Waals surface area contributed by atoms with Crippen LogP contribution in [-0.2, 0) is 20.7 Å². The van der Waals surface area contributed by atoms with Crippen LogP contribution in [0, 0.1) is 0 Å². The molecular weight excluding hydrogens is 394 g/mol. The Kier molecular flexibility index (Phi) is 6.35. The molecular formula is C25H27NO5. The van der Waals surface area contributed by atoms with Crippen molar-refractivity contribution in [2.45, 2.75) is 51.2 Å². The zero-order valence-corrected chi connectivity index (χ0v) is 17.7. The van der Waals surface area contributed by atoms with E-state index in [4.69, 9.17) is 9.47 Å². The summed E-state index contributed by atoms with van der Waals surface area (Å²) < 4.78 is 11.0. The van der Waals surface area contributed by atoms with Gasteiger partial charge in [0.2, 0.25) is 0 Å². The molecule has 6 nitrogen and oxygen atoms in total. The molecule has 0 aromatic heterocycles. The van der Waals surface area contributed by atoms with Crippen LogP contribution in [0.1, 0.15) is 70.6 Å². The molecule has 162 valence electrons. The molecule has 0 spiro atoms. The molecule has 2 aromatic carbocycles. The maximum atomic E-state index is 12.7. The number of likely N-dealkylation sites (tertiary alicyclic amines) is 1. The fourth-order valence-corrected chi connectivity index (χ4v) is 4.20. The van der Waals surface area contributed by atoms with E-state index >= 15 is 0 Å². The average molecular weight is 421 g/mol. The van der Waals surface area contributed by atoms with E-state index in [-0.39, 0.29) is 5.91 Å². The van der Waals surface area contributed by atoms with Gasteiger partial charge in [0.25, 0.3) is 5.91 Å². The summed E-state index contributed by atoms with van der Waals surface area (Å²) in [6.07, 6.45) is 3.46. The standard InChI is InChI=1S/C25H27NO5/c1-17(23(27)26-13-7-2-3-8-14-26)30-24(28)19-11-12-21-20(15-19)16-22(31-25(21)29)18-9-5-4-6-10-18/h4-6,9-12,15,17,22H,2-3,7-8,13-14,16H2,1H3/t17-,22-/m0/s1. The third-order valence-electron chi connectivity index (χ3n) is 5.94. The third-order valence-corrected chi connectivity index (χ3v) is 5.94. The first kappa shape index (κ1) is 21.1. The number of benzene rings is 2. The van der Waals surface area contributed by atoms with Crippen LogP contribution in [0.15, 0.2) is 48.5 Å². The largest absolute Gasteiger partial charge is 0.454 e.